The van der Waals surface area contributed by atoms with E-state index in [2.05, 4.69) is 16.0 Å². The highest BCUT2D eigenvalue weighted by Gasteiger charge is 2.29. The second kappa shape index (κ2) is 7.20. The summed E-state index contributed by atoms with van der Waals surface area (Å²) in [6, 6.07) is 2.14. The Morgan fingerprint density at radius 2 is 2.18 bits per heavy atom. The first-order valence-corrected chi connectivity index (χ1v) is 7.23. The van der Waals surface area contributed by atoms with E-state index in [0.717, 1.165) is 24.6 Å². The Morgan fingerprint density at radius 3 is 2.91 bits per heavy atom. The van der Waals surface area contributed by atoms with E-state index in [-0.39, 0.29) is 30.4 Å². The fraction of sp³-hybridized carbons (Fsp3) is 0.467. The molecule has 3 N–H and O–H groups in total. The van der Waals surface area contributed by atoms with Gasteiger partial charge < -0.3 is 16.0 Å². The van der Waals surface area contributed by atoms with Crippen molar-refractivity contribution in [1.82, 2.24) is 16.0 Å². The zero-order valence-corrected chi connectivity index (χ0v) is 12.3. The molecule has 0 bridgehead atoms. The Kier molecular flexibility index (Phi) is 5.30. The molecular formula is C15H19F2N3O2. The molecule has 0 spiro atoms. The van der Waals surface area contributed by atoms with Gasteiger partial charge >= 0.3 is 6.03 Å². The number of hydrogen-bond acceptors (Lipinski definition) is 2. The van der Waals surface area contributed by atoms with Crippen molar-refractivity contribution in [1.29, 1.82) is 0 Å². The van der Waals surface area contributed by atoms with Crippen LogP contribution in [0.1, 0.15) is 18.9 Å². The number of urea groups is 1. The number of amides is 3. The van der Waals surface area contributed by atoms with Crippen LogP contribution in [-0.2, 0) is 11.2 Å². The molecule has 5 nitrogen and oxygen atoms in total. The molecule has 0 aliphatic carbocycles. The van der Waals surface area contributed by atoms with Crippen molar-refractivity contribution in [2.45, 2.75) is 25.8 Å². The molecule has 0 saturated carbocycles. The quantitative estimate of drug-likeness (QED) is 0.785. The van der Waals surface area contributed by atoms with Crippen LogP contribution in [0.25, 0.3) is 0 Å². The third kappa shape index (κ3) is 4.16. The maximum Gasteiger partial charge on any atom is 0.315 e. The summed E-state index contributed by atoms with van der Waals surface area (Å²) in [7, 11) is 0. The van der Waals surface area contributed by atoms with Gasteiger partial charge in [-0.3, -0.25) is 4.79 Å². The first-order valence-electron chi connectivity index (χ1n) is 7.23. The highest BCUT2D eigenvalue weighted by atomic mass is 19.1. The molecule has 1 aromatic carbocycles. The lowest BCUT2D eigenvalue weighted by Gasteiger charge is -2.28. The maximum atomic E-state index is 13.4. The molecule has 1 aliphatic heterocycles. The predicted molar refractivity (Wildman–Crippen MR) is 77.2 cm³/mol. The van der Waals surface area contributed by atoms with Gasteiger partial charge in [-0.15, -0.1) is 0 Å². The number of rotatable bonds is 4. The number of benzene rings is 1. The largest absolute Gasteiger partial charge is 0.354 e. The third-order valence-electron chi connectivity index (χ3n) is 3.72. The number of carbonyl (C=O) groups is 2. The summed E-state index contributed by atoms with van der Waals surface area (Å²) in [5.41, 5.74) is 0.198. The first-order chi connectivity index (χ1) is 10.5. The zero-order chi connectivity index (χ0) is 16.1. The Balaban J connectivity index is 1.80. The molecule has 0 unspecified atom stereocenters. The highest BCUT2D eigenvalue weighted by Crippen LogP contribution is 2.12. The van der Waals surface area contributed by atoms with Crippen molar-refractivity contribution in [3.05, 3.63) is 35.4 Å². The normalized spacial score (nSPS) is 21.1. The molecule has 1 aromatic rings. The van der Waals surface area contributed by atoms with Gasteiger partial charge in [0.25, 0.3) is 0 Å². The summed E-state index contributed by atoms with van der Waals surface area (Å²) in [6.07, 6.45) is 0.967. The molecule has 7 heteroatoms. The molecule has 120 valence electrons. The summed E-state index contributed by atoms with van der Waals surface area (Å²) < 4.78 is 26.4. The number of halogens is 2. The Labute approximate surface area is 127 Å². The van der Waals surface area contributed by atoms with Crippen LogP contribution in [0, 0.1) is 17.6 Å². The molecule has 22 heavy (non-hydrogen) atoms. The molecule has 1 saturated heterocycles. The molecule has 0 radical (unpaired) electrons. The number of piperidine rings is 1. The van der Waals surface area contributed by atoms with E-state index in [4.69, 9.17) is 0 Å². The van der Waals surface area contributed by atoms with E-state index < -0.39 is 23.7 Å². The summed E-state index contributed by atoms with van der Waals surface area (Å²) in [5, 5.41) is 7.84. The van der Waals surface area contributed by atoms with Crippen LogP contribution < -0.4 is 16.0 Å². The van der Waals surface area contributed by atoms with E-state index in [0.29, 0.717) is 6.54 Å². The van der Waals surface area contributed by atoms with Crippen LogP contribution in [0.2, 0.25) is 0 Å². The lowest BCUT2D eigenvalue weighted by molar-refractivity contribution is -0.125. The second-order valence-electron chi connectivity index (χ2n) is 5.42. The summed E-state index contributed by atoms with van der Waals surface area (Å²) in [5.74, 6) is -1.18. The average Bonchev–Trinajstić information content (AvgIpc) is 2.47. The SMILES string of the molecule is C[C@H]1CCNC(=O)[C@@H]1NC(=O)NCCc1cc(F)ccc1F. The molecule has 1 aliphatic rings. The van der Waals surface area contributed by atoms with E-state index >= 15 is 0 Å². The predicted octanol–water partition coefficient (Wildman–Crippen LogP) is 1.33. The van der Waals surface area contributed by atoms with E-state index in [1.807, 2.05) is 6.92 Å². The van der Waals surface area contributed by atoms with Crippen LogP contribution >= 0.6 is 0 Å². The molecular weight excluding hydrogens is 292 g/mol. The van der Waals surface area contributed by atoms with Gasteiger partial charge in [0, 0.05) is 13.1 Å². The minimum absolute atomic E-state index is 0.0557. The van der Waals surface area contributed by atoms with Gasteiger partial charge in [-0.05, 0) is 42.5 Å². The molecule has 1 heterocycles. The van der Waals surface area contributed by atoms with E-state index in [1.54, 1.807) is 0 Å². The van der Waals surface area contributed by atoms with Gasteiger partial charge in [-0.25, -0.2) is 13.6 Å². The molecule has 2 atom stereocenters. The molecule has 2 rings (SSSR count). The van der Waals surface area contributed by atoms with Crippen LogP contribution in [0.4, 0.5) is 13.6 Å². The summed E-state index contributed by atoms with van der Waals surface area (Å²) in [6.45, 7) is 2.65. The van der Waals surface area contributed by atoms with Gasteiger partial charge in [0.05, 0.1) is 0 Å². The maximum absolute atomic E-state index is 13.4. The summed E-state index contributed by atoms with van der Waals surface area (Å²) >= 11 is 0. The Hall–Kier alpha value is -2.18. The smallest absolute Gasteiger partial charge is 0.315 e. The summed E-state index contributed by atoms with van der Waals surface area (Å²) in [4.78, 5) is 23.4. The second-order valence-corrected chi connectivity index (χ2v) is 5.42. The van der Waals surface area contributed by atoms with Crippen LogP contribution in [0.15, 0.2) is 18.2 Å². The monoisotopic (exact) mass is 311 g/mol. The number of carbonyl (C=O) groups excluding carboxylic acids is 2. The van der Waals surface area contributed by atoms with Crippen LogP contribution in [-0.4, -0.2) is 31.1 Å². The van der Waals surface area contributed by atoms with Crippen LogP contribution in [0.5, 0.6) is 0 Å². The molecule has 0 aromatic heterocycles. The van der Waals surface area contributed by atoms with Gasteiger partial charge in [-0.2, -0.15) is 0 Å². The van der Waals surface area contributed by atoms with Crippen molar-refractivity contribution >= 4 is 11.9 Å². The van der Waals surface area contributed by atoms with E-state index in [9.17, 15) is 18.4 Å². The minimum atomic E-state index is -0.570. The van der Waals surface area contributed by atoms with Crippen molar-refractivity contribution in [3.63, 3.8) is 0 Å². The van der Waals surface area contributed by atoms with Gasteiger partial charge in [-0.1, -0.05) is 6.92 Å². The first kappa shape index (κ1) is 16.2. The Morgan fingerprint density at radius 1 is 1.41 bits per heavy atom. The van der Waals surface area contributed by atoms with Gasteiger partial charge in [0.2, 0.25) is 5.91 Å². The molecule has 3 amide bonds. The lowest BCUT2D eigenvalue weighted by atomic mass is 9.94. The number of nitrogens with one attached hydrogen (secondary N) is 3. The highest BCUT2D eigenvalue weighted by molar-refractivity contribution is 5.87. The zero-order valence-electron chi connectivity index (χ0n) is 12.3. The fourth-order valence-corrected chi connectivity index (χ4v) is 2.40. The average molecular weight is 311 g/mol. The fourth-order valence-electron chi connectivity index (χ4n) is 2.40. The van der Waals surface area contributed by atoms with Crippen LogP contribution in [0.3, 0.4) is 0 Å². The van der Waals surface area contributed by atoms with Crippen molar-refractivity contribution < 1.29 is 18.4 Å². The van der Waals surface area contributed by atoms with Crippen molar-refractivity contribution in [2.24, 2.45) is 5.92 Å². The molecule has 1 fully saturated rings. The standard InChI is InChI=1S/C15H19F2N3O2/c1-9-4-6-18-14(21)13(9)20-15(22)19-7-5-10-8-11(16)2-3-12(10)17/h2-3,8-9,13H,4-7H2,1H3,(H,18,21)(H2,19,20,22)/t9-,13+/m0/s1. The van der Waals surface area contributed by atoms with E-state index in [1.165, 1.54) is 0 Å². The van der Waals surface area contributed by atoms with Gasteiger partial charge in [0.15, 0.2) is 0 Å². The third-order valence-corrected chi connectivity index (χ3v) is 3.72. The van der Waals surface area contributed by atoms with Crippen molar-refractivity contribution in [3.8, 4) is 0 Å². The Bertz CT molecular complexity index is 566. The number of hydrogen-bond donors (Lipinski definition) is 3. The topological polar surface area (TPSA) is 70.2 Å². The van der Waals surface area contributed by atoms with Gasteiger partial charge in [0.1, 0.15) is 17.7 Å². The lowest BCUT2D eigenvalue weighted by Crippen LogP contribution is -2.56. The minimum Gasteiger partial charge on any atom is -0.354 e. The van der Waals surface area contributed by atoms with Crippen molar-refractivity contribution in [2.75, 3.05) is 13.1 Å².